The van der Waals surface area contributed by atoms with Crippen LogP contribution in [0.15, 0.2) is 35.3 Å². The first-order chi connectivity index (χ1) is 15.5. The molecule has 0 aromatic heterocycles. The first-order valence-electron chi connectivity index (χ1n) is 10.8. The quantitative estimate of drug-likeness (QED) is 0.767. The van der Waals surface area contributed by atoms with E-state index in [2.05, 4.69) is 15.2 Å². The van der Waals surface area contributed by atoms with Crippen LogP contribution in [0.3, 0.4) is 0 Å². The molecule has 2 aromatic rings. The van der Waals surface area contributed by atoms with Crippen molar-refractivity contribution in [2.45, 2.75) is 18.4 Å². The number of hydrogen-bond donors (Lipinski definition) is 1. The van der Waals surface area contributed by atoms with Crippen molar-refractivity contribution in [3.8, 4) is 0 Å². The molecule has 0 spiro atoms. The summed E-state index contributed by atoms with van der Waals surface area (Å²) in [5.74, 6) is -2.46. The molecule has 3 atom stereocenters. The van der Waals surface area contributed by atoms with Gasteiger partial charge in [0.15, 0.2) is 5.78 Å². The number of benzene rings is 2. The minimum absolute atomic E-state index is 0.109. The van der Waals surface area contributed by atoms with Gasteiger partial charge in [0.25, 0.3) is 0 Å². The van der Waals surface area contributed by atoms with Crippen LogP contribution < -0.4 is 5.32 Å². The lowest BCUT2D eigenvalue weighted by Crippen LogP contribution is -2.46. The average Bonchev–Trinajstić information content (AvgIpc) is 3.23. The highest BCUT2D eigenvalue weighted by Crippen LogP contribution is 2.43. The average molecular weight is 443 g/mol. The summed E-state index contributed by atoms with van der Waals surface area (Å²) in [6.45, 7) is 2.94. The maximum Gasteiger partial charge on any atom is 0.185 e. The first kappa shape index (κ1) is 21.2. The molecule has 0 unspecified atom stereocenters. The van der Waals surface area contributed by atoms with Crippen LogP contribution in [-0.2, 0) is 4.74 Å². The van der Waals surface area contributed by atoms with E-state index >= 15 is 4.39 Å². The third-order valence-corrected chi connectivity index (χ3v) is 6.75. The minimum Gasteiger partial charge on any atom is -0.383 e. The summed E-state index contributed by atoms with van der Waals surface area (Å²) >= 11 is 0. The molecule has 1 saturated heterocycles. The maximum atomic E-state index is 15.0. The number of aliphatic imine (C=N–C) groups is 1. The topological polar surface area (TPSA) is 53.9 Å². The van der Waals surface area contributed by atoms with Gasteiger partial charge in [-0.3, -0.25) is 9.79 Å². The fourth-order valence-corrected chi connectivity index (χ4v) is 5.29. The SMILES string of the molecule is COCCN1CC[C@@H]([C@H]2Nc3cc(F)cc4c3C(=NCC4=O)[C@@H]2c2ccc(F)cc2F)C1. The zero-order valence-corrected chi connectivity index (χ0v) is 17.7. The third kappa shape index (κ3) is 3.61. The number of ketones is 1. The van der Waals surface area contributed by atoms with Crippen LogP contribution in [0.4, 0.5) is 18.9 Å². The fraction of sp³-hybridized carbons (Fsp3) is 0.417. The molecule has 0 amide bonds. The maximum absolute atomic E-state index is 15.0. The van der Waals surface area contributed by atoms with Gasteiger partial charge < -0.3 is 15.0 Å². The number of nitrogens with one attached hydrogen (secondary N) is 1. The smallest absolute Gasteiger partial charge is 0.185 e. The highest BCUT2D eigenvalue weighted by atomic mass is 19.1. The van der Waals surface area contributed by atoms with Gasteiger partial charge in [0.2, 0.25) is 0 Å². The molecule has 0 bridgehead atoms. The fourth-order valence-electron chi connectivity index (χ4n) is 5.29. The van der Waals surface area contributed by atoms with Crippen LogP contribution in [0.25, 0.3) is 0 Å². The lowest BCUT2D eigenvalue weighted by atomic mass is 9.73. The van der Waals surface area contributed by atoms with Crippen LogP contribution in [0.1, 0.15) is 33.8 Å². The largest absolute Gasteiger partial charge is 0.383 e. The van der Waals surface area contributed by atoms with E-state index < -0.39 is 23.4 Å². The second-order valence-corrected chi connectivity index (χ2v) is 8.66. The van der Waals surface area contributed by atoms with Crippen molar-refractivity contribution in [3.63, 3.8) is 0 Å². The number of methoxy groups -OCH3 is 1. The molecular formula is C24H24F3N3O2. The van der Waals surface area contributed by atoms with Crippen LogP contribution in [0, 0.1) is 23.4 Å². The van der Waals surface area contributed by atoms with E-state index in [0.717, 1.165) is 32.1 Å². The van der Waals surface area contributed by atoms with Gasteiger partial charge >= 0.3 is 0 Å². The second kappa shape index (κ2) is 8.33. The zero-order valence-electron chi connectivity index (χ0n) is 17.7. The van der Waals surface area contributed by atoms with Crippen LogP contribution in [0.5, 0.6) is 0 Å². The summed E-state index contributed by atoms with van der Waals surface area (Å²) in [6, 6.07) is 5.88. The summed E-state index contributed by atoms with van der Waals surface area (Å²) < 4.78 is 48.2. The van der Waals surface area contributed by atoms with E-state index in [4.69, 9.17) is 4.74 Å². The standard InChI is InChI=1S/C24H24F3N3O2/c1-32-7-6-30-5-4-13(12-30)23-22(16-3-2-14(25)9-18(16)27)24-21-17(20(31)11-28-24)8-15(26)10-19(21)29-23/h2-3,8-10,13,22-23,29H,4-7,11-12H2,1H3/t13-,22-,23-/m1/s1. The summed E-state index contributed by atoms with van der Waals surface area (Å²) in [4.78, 5) is 19.3. The zero-order chi connectivity index (χ0) is 22.4. The molecule has 5 rings (SSSR count). The Labute approximate surface area is 184 Å². The van der Waals surface area contributed by atoms with Gasteiger partial charge in [-0.1, -0.05) is 6.07 Å². The number of hydrogen-bond acceptors (Lipinski definition) is 5. The Bertz CT molecular complexity index is 1100. The molecule has 1 N–H and O–H groups in total. The Balaban J connectivity index is 1.61. The van der Waals surface area contributed by atoms with Crippen LogP contribution in [-0.4, -0.2) is 62.3 Å². The highest BCUT2D eigenvalue weighted by Gasteiger charge is 2.44. The molecule has 5 nitrogen and oxygen atoms in total. The predicted molar refractivity (Wildman–Crippen MR) is 115 cm³/mol. The molecule has 32 heavy (non-hydrogen) atoms. The van der Waals surface area contributed by atoms with Gasteiger partial charge in [-0.05, 0) is 42.6 Å². The minimum atomic E-state index is -0.651. The van der Waals surface area contributed by atoms with E-state index in [1.165, 1.54) is 24.3 Å². The Morgan fingerprint density at radius 3 is 2.81 bits per heavy atom. The van der Waals surface area contributed by atoms with Crippen molar-refractivity contribution in [3.05, 3.63) is 64.5 Å². The lowest BCUT2D eigenvalue weighted by Gasteiger charge is -2.41. The molecule has 0 saturated carbocycles. The van der Waals surface area contributed by atoms with Gasteiger partial charge in [0, 0.05) is 55.0 Å². The van der Waals surface area contributed by atoms with E-state index in [1.807, 2.05) is 0 Å². The lowest BCUT2D eigenvalue weighted by molar-refractivity contribution is 0.0999. The number of anilines is 1. The predicted octanol–water partition coefficient (Wildman–Crippen LogP) is 3.64. The summed E-state index contributed by atoms with van der Waals surface area (Å²) in [5, 5.41) is 3.41. The molecular weight excluding hydrogens is 419 g/mol. The first-order valence-corrected chi connectivity index (χ1v) is 10.8. The number of halogens is 3. The van der Waals surface area contributed by atoms with Crippen LogP contribution >= 0.6 is 0 Å². The van der Waals surface area contributed by atoms with Crippen LogP contribution in [0.2, 0.25) is 0 Å². The Morgan fingerprint density at radius 1 is 1.19 bits per heavy atom. The normalized spacial score (nSPS) is 24.8. The number of ether oxygens (including phenoxy) is 1. The molecule has 3 aliphatic rings. The van der Waals surface area contributed by atoms with Crippen molar-refractivity contribution in [1.29, 1.82) is 0 Å². The second-order valence-electron chi connectivity index (χ2n) is 8.66. The monoisotopic (exact) mass is 443 g/mol. The molecule has 1 fully saturated rings. The molecule has 3 heterocycles. The molecule has 168 valence electrons. The number of rotatable bonds is 5. The van der Waals surface area contributed by atoms with Gasteiger partial charge in [0.1, 0.15) is 24.0 Å². The molecule has 8 heteroatoms. The van der Waals surface area contributed by atoms with Gasteiger partial charge in [-0.2, -0.15) is 0 Å². The van der Waals surface area contributed by atoms with Gasteiger partial charge in [0.05, 0.1) is 12.3 Å². The van der Waals surface area contributed by atoms with Gasteiger partial charge in [-0.15, -0.1) is 0 Å². The van der Waals surface area contributed by atoms with Crippen molar-refractivity contribution in [2.24, 2.45) is 10.9 Å². The number of carbonyl (C=O) groups excluding carboxylic acids is 1. The molecule has 3 aliphatic heterocycles. The number of Topliss-reactive ketones (excluding diaryl/α,β-unsaturated/α-hetero) is 1. The van der Waals surface area contributed by atoms with Crippen molar-refractivity contribution in [1.82, 2.24) is 4.90 Å². The van der Waals surface area contributed by atoms with E-state index in [0.29, 0.717) is 29.1 Å². The van der Waals surface area contributed by atoms with Gasteiger partial charge in [-0.25, -0.2) is 13.2 Å². The third-order valence-electron chi connectivity index (χ3n) is 6.75. The van der Waals surface area contributed by atoms with E-state index in [1.54, 1.807) is 7.11 Å². The van der Waals surface area contributed by atoms with E-state index in [-0.39, 0.29) is 29.9 Å². The molecule has 2 aromatic carbocycles. The highest BCUT2D eigenvalue weighted by molar-refractivity contribution is 6.21. The van der Waals surface area contributed by atoms with Crippen molar-refractivity contribution >= 4 is 17.2 Å². The summed E-state index contributed by atoms with van der Waals surface area (Å²) in [5.41, 5.74) is 2.19. The van der Waals surface area contributed by atoms with Crippen molar-refractivity contribution in [2.75, 3.05) is 45.2 Å². The summed E-state index contributed by atoms with van der Waals surface area (Å²) in [7, 11) is 1.66. The van der Waals surface area contributed by atoms with Crippen molar-refractivity contribution < 1.29 is 22.7 Å². The Morgan fingerprint density at radius 2 is 2.03 bits per heavy atom. The summed E-state index contributed by atoms with van der Waals surface area (Å²) in [6.07, 6.45) is 0.865. The van der Waals surface area contributed by atoms with E-state index in [9.17, 15) is 13.6 Å². The Hall–Kier alpha value is -2.71. The molecule has 0 aliphatic carbocycles. The molecule has 0 radical (unpaired) electrons. The number of carbonyl (C=O) groups is 1. The Kier molecular flexibility index (Phi) is 5.51. The number of likely N-dealkylation sites (tertiary alicyclic amines) is 1. The number of nitrogens with zero attached hydrogens (tertiary/aromatic N) is 2.